The van der Waals surface area contributed by atoms with Crippen molar-refractivity contribution in [3.8, 4) is 0 Å². The molecule has 1 fully saturated rings. The summed E-state index contributed by atoms with van der Waals surface area (Å²) in [6.07, 6.45) is 0.777. The van der Waals surface area contributed by atoms with Gasteiger partial charge in [0.2, 0.25) is 0 Å². The number of carbonyl (C=O) groups is 1. The van der Waals surface area contributed by atoms with Gasteiger partial charge in [0.25, 0.3) is 0 Å². The van der Waals surface area contributed by atoms with E-state index in [0.717, 1.165) is 0 Å². The van der Waals surface area contributed by atoms with Gasteiger partial charge in [0.1, 0.15) is 5.82 Å². The molecule has 5 heteroatoms. The van der Waals surface area contributed by atoms with E-state index in [1.54, 1.807) is 6.07 Å². The number of carboxylic acids is 1. The zero-order valence-electron chi connectivity index (χ0n) is 9.08. The van der Waals surface area contributed by atoms with Gasteiger partial charge in [-0.15, -0.1) is 0 Å². The summed E-state index contributed by atoms with van der Waals surface area (Å²) in [5, 5.41) is 9.28. The predicted octanol–water partition coefficient (Wildman–Crippen LogP) is 2.51. The van der Waals surface area contributed by atoms with Gasteiger partial charge in [0.05, 0.1) is 17.0 Å². The topological polar surface area (TPSA) is 46.5 Å². The van der Waals surface area contributed by atoms with Crippen LogP contribution in [0.5, 0.6) is 0 Å². The zero-order chi connectivity index (χ0) is 12.5. The Morgan fingerprint density at radius 1 is 1.59 bits per heavy atom. The second-order valence-corrected chi connectivity index (χ2v) is 4.72. The number of ether oxygens (including phenoxy) is 1. The summed E-state index contributed by atoms with van der Waals surface area (Å²) in [5.41, 5.74) is -0.189. The minimum atomic E-state index is -0.902. The number of hydrogen-bond donors (Lipinski definition) is 1. The molecule has 1 saturated heterocycles. The largest absolute Gasteiger partial charge is 0.481 e. The molecule has 0 spiro atoms. The highest BCUT2D eigenvalue weighted by Gasteiger charge is 2.42. The molecule has 0 aliphatic carbocycles. The Morgan fingerprint density at radius 2 is 2.35 bits per heavy atom. The van der Waals surface area contributed by atoms with Crippen molar-refractivity contribution < 1.29 is 19.0 Å². The van der Waals surface area contributed by atoms with Gasteiger partial charge in [0, 0.05) is 6.61 Å². The molecule has 1 atom stereocenters. The van der Waals surface area contributed by atoms with Gasteiger partial charge in [0.15, 0.2) is 0 Å². The molecule has 2 rings (SSSR count). The molecule has 1 aliphatic heterocycles. The SMILES string of the molecule is O=C(O)C1(Cc2ccc(F)c(Cl)c2)CCOC1. The van der Waals surface area contributed by atoms with Gasteiger partial charge < -0.3 is 9.84 Å². The van der Waals surface area contributed by atoms with Crippen LogP contribution in [0.2, 0.25) is 5.02 Å². The highest BCUT2D eigenvalue weighted by atomic mass is 35.5. The second-order valence-electron chi connectivity index (χ2n) is 4.31. The maximum absolute atomic E-state index is 13.0. The van der Waals surface area contributed by atoms with E-state index in [-0.39, 0.29) is 11.6 Å². The number of benzene rings is 1. The molecule has 0 aromatic heterocycles. The fraction of sp³-hybridized carbons (Fsp3) is 0.417. The predicted molar refractivity (Wildman–Crippen MR) is 60.6 cm³/mol. The average Bonchev–Trinajstić information content (AvgIpc) is 2.73. The van der Waals surface area contributed by atoms with Gasteiger partial charge >= 0.3 is 5.97 Å². The quantitative estimate of drug-likeness (QED) is 0.906. The molecule has 0 amide bonds. The monoisotopic (exact) mass is 258 g/mol. The Morgan fingerprint density at radius 3 is 2.88 bits per heavy atom. The molecule has 1 aliphatic rings. The summed E-state index contributed by atoms with van der Waals surface area (Å²) in [7, 11) is 0. The molecule has 0 radical (unpaired) electrons. The van der Waals surface area contributed by atoms with Crippen molar-refractivity contribution in [3.63, 3.8) is 0 Å². The second kappa shape index (κ2) is 4.63. The number of rotatable bonds is 3. The highest BCUT2D eigenvalue weighted by molar-refractivity contribution is 6.30. The van der Waals surface area contributed by atoms with Crippen LogP contribution in [0.3, 0.4) is 0 Å². The number of aliphatic carboxylic acids is 1. The first-order valence-corrected chi connectivity index (χ1v) is 5.66. The van der Waals surface area contributed by atoms with Crippen LogP contribution in [0.25, 0.3) is 0 Å². The third-order valence-electron chi connectivity index (χ3n) is 3.08. The van der Waals surface area contributed by atoms with E-state index in [9.17, 15) is 14.3 Å². The van der Waals surface area contributed by atoms with Gasteiger partial charge in [-0.25, -0.2) is 4.39 Å². The minimum Gasteiger partial charge on any atom is -0.481 e. The Hall–Kier alpha value is -1.13. The van der Waals surface area contributed by atoms with Gasteiger partial charge in [-0.1, -0.05) is 17.7 Å². The molecule has 1 unspecified atom stereocenters. The fourth-order valence-electron chi connectivity index (χ4n) is 2.03. The lowest BCUT2D eigenvalue weighted by atomic mass is 9.81. The summed E-state index contributed by atoms with van der Waals surface area (Å²) in [5.74, 6) is -1.38. The Balaban J connectivity index is 2.23. The number of carboxylic acid groups (broad SMARTS) is 1. The lowest BCUT2D eigenvalue weighted by Gasteiger charge is -2.22. The summed E-state index contributed by atoms with van der Waals surface area (Å²) >= 11 is 5.67. The van der Waals surface area contributed by atoms with Crippen LogP contribution in [-0.4, -0.2) is 24.3 Å². The Bertz CT molecular complexity index is 441. The number of hydrogen-bond acceptors (Lipinski definition) is 2. The summed E-state index contributed by atoms with van der Waals surface area (Å²) in [4.78, 5) is 11.3. The standard InChI is InChI=1S/C12H12ClFO3/c13-9-5-8(1-2-10(9)14)6-12(11(15)16)3-4-17-7-12/h1-2,5H,3-4,6-7H2,(H,15,16). The van der Waals surface area contributed by atoms with E-state index in [1.807, 2.05) is 0 Å². The summed E-state index contributed by atoms with van der Waals surface area (Å²) in [6.45, 7) is 0.637. The van der Waals surface area contributed by atoms with Crippen LogP contribution in [-0.2, 0) is 16.0 Å². The van der Waals surface area contributed by atoms with Crippen molar-refractivity contribution in [2.24, 2.45) is 5.41 Å². The molecule has 1 heterocycles. The van der Waals surface area contributed by atoms with Gasteiger partial charge in [-0.05, 0) is 30.5 Å². The van der Waals surface area contributed by atoms with Gasteiger partial charge in [-0.3, -0.25) is 4.79 Å². The van der Waals surface area contributed by atoms with E-state index in [4.69, 9.17) is 16.3 Å². The van der Waals surface area contributed by atoms with Crippen LogP contribution >= 0.6 is 11.6 Å². The van der Waals surface area contributed by atoms with E-state index in [2.05, 4.69) is 0 Å². The molecule has 92 valence electrons. The van der Waals surface area contributed by atoms with Crippen LogP contribution in [0.1, 0.15) is 12.0 Å². The molecule has 3 nitrogen and oxygen atoms in total. The maximum Gasteiger partial charge on any atom is 0.312 e. The van der Waals surface area contributed by atoms with E-state index in [1.165, 1.54) is 12.1 Å². The molecule has 1 aromatic carbocycles. The Kier molecular flexibility index (Phi) is 3.35. The molecular formula is C12H12ClFO3. The first kappa shape index (κ1) is 12.3. The van der Waals surface area contributed by atoms with Gasteiger partial charge in [-0.2, -0.15) is 0 Å². The van der Waals surface area contributed by atoms with Crippen molar-refractivity contribution in [2.45, 2.75) is 12.8 Å². The maximum atomic E-state index is 13.0. The lowest BCUT2D eigenvalue weighted by molar-refractivity contribution is -0.148. The van der Waals surface area contributed by atoms with E-state index >= 15 is 0 Å². The van der Waals surface area contributed by atoms with Crippen molar-refractivity contribution in [1.29, 1.82) is 0 Å². The first-order valence-electron chi connectivity index (χ1n) is 5.29. The minimum absolute atomic E-state index is 0.0157. The van der Waals surface area contributed by atoms with Crippen molar-refractivity contribution >= 4 is 17.6 Å². The molecule has 0 bridgehead atoms. The van der Waals surface area contributed by atoms with Crippen molar-refractivity contribution in [2.75, 3.05) is 13.2 Å². The summed E-state index contributed by atoms with van der Waals surface area (Å²) in [6, 6.07) is 4.28. The molecule has 0 saturated carbocycles. The fourth-order valence-corrected chi connectivity index (χ4v) is 2.23. The number of halogens is 2. The highest BCUT2D eigenvalue weighted by Crippen LogP contribution is 2.33. The van der Waals surface area contributed by atoms with Crippen molar-refractivity contribution in [3.05, 3.63) is 34.6 Å². The van der Waals surface area contributed by atoms with Crippen LogP contribution < -0.4 is 0 Å². The van der Waals surface area contributed by atoms with Crippen LogP contribution in [0, 0.1) is 11.2 Å². The van der Waals surface area contributed by atoms with Crippen LogP contribution in [0.15, 0.2) is 18.2 Å². The average molecular weight is 259 g/mol. The van der Waals surface area contributed by atoms with Crippen molar-refractivity contribution in [1.82, 2.24) is 0 Å². The van der Waals surface area contributed by atoms with Crippen LogP contribution in [0.4, 0.5) is 4.39 Å². The third kappa shape index (κ3) is 2.42. The molecular weight excluding hydrogens is 247 g/mol. The smallest absolute Gasteiger partial charge is 0.312 e. The summed E-state index contributed by atoms with van der Waals surface area (Å²) < 4.78 is 18.2. The molecule has 1 N–H and O–H groups in total. The first-order chi connectivity index (χ1) is 8.03. The Labute approximate surface area is 103 Å². The lowest BCUT2D eigenvalue weighted by Crippen LogP contribution is -2.33. The van der Waals surface area contributed by atoms with E-state index in [0.29, 0.717) is 25.0 Å². The molecule has 17 heavy (non-hydrogen) atoms. The zero-order valence-corrected chi connectivity index (χ0v) is 9.84. The van der Waals surface area contributed by atoms with E-state index < -0.39 is 17.2 Å². The normalized spacial score (nSPS) is 23.9. The third-order valence-corrected chi connectivity index (χ3v) is 3.37. The molecule has 1 aromatic rings.